The zero-order valence-electron chi connectivity index (χ0n) is 19.0. The first-order chi connectivity index (χ1) is 15.7. The summed E-state index contributed by atoms with van der Waals surface area (Å²) in [7, 11) is -3.91. The molecule has 3 heterocycles. The van der Waals surface area contributed by atoms with Gasteiger partial charge in [0.25, 0.3) is 0 Å². The van der Waals surface area contributed by atoms with Crippen LogP contribution in [0.2, 0.25) is 0 Å². The number of halogens is 1. The first-order valence-corrected chi connectivity index (χ1v) is 13.8. The number of nitrogens with zero attached hydrogens (tertiary/aromatic N) is 3. The van der Waals surface area contributed by atoms with Crippen LogP contribution in [0.5, 0.6) is 0 Å². The van der Waals surface area contributed by atoms with Crippen molar-refractivity contribution in [3.05, 3.63) is 41.2 Å². The van der Waals surface area contributed by atoms with Crippen LogP contribution < -0.4 is 5.32 Å². The Morgan fingerprint density at radius 3 is 2.52 bits per heavy atom. The number of aromatic nitrogens is 1. The summed E-state index contributed by atoms with van der Waals surface area (Å²) in [4.78, 5) is 19.4. The second-order valence-electron chi connectivity index (χ2n) is 9.38. The fourth-order valence-electron chi connectivity index (χ4n) is 4.95. The molecule has 2 atom stereocenters. The molecule has 0 radical (unpaired) electrons. The summed E-state index contributed by atoms with van der Waals surface area (Å²) >= 11 is 1.42. The second-order valence-corrected chi connectivity index (χ2v) is 12.1. The van der Waals surface area contributed by atoms with Crippen LogP contribution >= 0.6 is 11.3 Å². The number of nitrogens with one attached hydrogen (secondary N) is 1. The maximum atomic E-state index is 14.0. The number of benzene rings is 1. The maximum Gasteiger partial charge on any atom is 0.245 e. The SMILES string of the molecule is C[C@H]1C[C@H](C)CN(Cc2csc(NC(=O)C3CCN(S(=O)(=O)c4ccccc4F)CC3)n2)C1. The average Bonchev–Trinajstić information content (AvgIpc) is 3.19. The largest absolute Gasteiger partial charge is 0.302 e. The first kappa shape index (κ1) is 24.3. The van der Waals surface area contributed by atoms with E-state index in [-0.39, 0.29) is 29.8 Å². The molecule has 0 saturated carbocycles. The van der Waals surface area contributed by atoms with Gasteiger partial charge in [0.15, 0.2) is 5.13 Å². The topological polar surface area (TPSA) is 82.6 Å². The number of anilines is 1. The Morgan fingerprint density at radius 2 is 1.85 bits per heavy atom. The minimum Gasteiger partial charge on any atom is -0.302 e. The number of carbonyl (C=O) groups excluding carboxylic acids is 1. The highest BCUT2D eigenvalue weighted by molar-refractivity contribution is 7.89. The molecular weight excluding hydrogens is 463 g/mol. The first-order valence-electron chi connectivity index (χ1n) is 11.4. The van der Waals surface area contributed by atoms with Crippen molar-refractivity contribution in [2.24, 2.45) is 17.8 Å². The van der Waals surface area contributed by atoms with Gasteiger partial charge in [0.1, 0.15) is 10.7 Å². The van der Waals surface area contributed by atoms with Gasteiger partial charge < -0.3 is 5.32 Å². The molecule has 4 rings (SSSR count). The van der Waals surface area contributed by atoms with Crippen LogP contribution in [0.3, 0.4) is 0 Å². The Morgan fingerprint density at radius 1 is 1.18 bits per heavy atom. The number of likely N-dealkylation sites (tertiary alicyclic amines) is 1. The van der Waals surface area contributed by atoms with Gasteiger partial charge in [-0.3, -0.25) is 9.69 Å². The molecule has 1 amide bonds. The minimum atomic E-state index is -3.91. The van der Waals surface area contributed by atoms with E-state index in [9.17, 15) is 17.6 Å². The number of rotatable bonds is 6. The summed E-state index contributed by atoms with van der Waals surface area (Å²) in [6, 6.07) is 5.38. The molecule has 2 aliphatic heterocycles. The molecule has 0 spiro atoms. The smallest absolute Gasteiger partial charge is 0.245 e. The fraction of sp³-hybridized carbons (Fsp3) is 0.565. The molecule has 33 heavy (non-hydrogen) atoms. The van der Waals surface area contributed by atoms with Gasteiger partial charge in [-0.15, -0.1) is 11.3 Å². The molecule has 0 bridgehead atoms. The molecule has 2 saturated heterocycles. The molecule has 1 aromatic carbocycles. The van der Waals surface area contributed by atoms with Gasteiger partial charge in [-0.1, -0.05) is 26.0 Å². The summed E-state index contributed by atoms with van der Waals surface area (Å²) in [5.41, 5.74) is 0.961. The molecule has 0 aliphatic carbocycles. The third-order valence-corrected chi connectivity index (χ3v) is 9.13. The Labute approximate surface area is 199 Å². The van der Waals surface area contributed by atoms with Crippen molar-refractivity contribution in [2.45, 2.75) is 44.6 Å². The van der Waals surface area contributed by atoms with Gasteiger partial charge in [-0.2, -0.15) is 4.31 Å². The van der Waals surface area contributed by atoms with E-state index in [2.05, 4.69) is 29.0 Å². The highest BCUT2D eigenvalue weighted by Gasteiger charge is 2.33. The third kappa shape index (κ3) is 5.79. The quantitative estimate of drug-likeness (QED) is 0.661. The molecule has 10 heteroatoms. The number of thiazole rings is 1. The predicted molar refractivity (Wildman–Crippen MR) is 127 cm³/mol. The van der Waals surface area contributed by atoms with Crippen LogP contribution in [0.4, 0.5) is 9.52 Å². The predicted octanol–water partition coefficient (Wildman–Crippen LogP) is 3.80. The molecule has 180 valence electrons. The Bertz CT molecular complexity index is 1070. The van der Waals surface area contributed by atoms with Crippen LogP contribution in [0.15, 0.2) is 34.5 Å². The van der Waals surface area contributed by atoms with Crippen LogP contribution in [0.1, 0.15) is 38.8 Å². The number of hydrogen-bond acceptors (Lipinski definition) is 6. The van der Waals surface area contributed by atoms with E-state index in [1.54, 1.807) is 0 Å². The number of hydrogen-bond donors (Lipinski definition) is 1. The van der Waals surface area contributed by atoms with Gasteiger partial charge in [0, 0.05) is 44.0 Å². The molecule has 2 fully saturated rings. The Hall–Kier alpha value is -1.88. The van der Waals surface area contributed by atoms with E-state index < -0.39 is 15.8 Å². The van der Waals surface area contributed by atoms with Gasteiger partial charge >= 0.3 is 0 Å². The monoisotopic (exact) mass is 494 g/mol. The number of carbonyl (C=O) groups is 1. The number of sulfonamides is 1. The van der Waals surface area contributed by atoms with Crippen molar-refractivity contribution in [3.8, 4) is 0 Å². The van der Waals surface area contributed by atoms with Crippen molar-refractivity contribution in [2.75, 3.05) is 31.5 Å². The van der Waals surface area contributed by atoms with Gasteiger partial charge in [-0.05, 0) is 43.2 Å². The molecule has 0 unspecified atom stereocenters. The fourth-order valence-corrected chi connectivity index (χ4v) is 7.19. The van der Waals surface area contributed by atoms with Crippen LogP contribution in [-0.4, -0.2) is 54.7 Å². The summed E-state index contributed by atoms with van der Waals surface area (Å²) in [5, 5.41) is 5.47. The lowest BCUT2D eigenvalue weighted by Gasteiger charge is -2.34. The van der Waals surface area contributed by atoms with Gasteiger partial charge in [0.2, 0.25) is 15.9 Å². The highest BCUT2D eigenvalue weighted by atomic mass is 32.2. The van der Waals surface area contributed by atoms with Crippen molar-refractivity contribution >= 4 is 32.4 Å². The molecule has 2 aliphatic rings. The van der Waals surface area contributed by atoms with E-state index in [0.717, 1.165) is 31.4 Å². The highest BCUT2D eigenvalue weighted by Crippen LogP contribution is 2.27. The normalized spacial score (nSPS) is 23.5. The summed E-state index contributed by atoms with van der Waals surface area (Å²) in [6.45, 7) is 7.85. The Balaban J connectivity index is 1.30. The standard InChI is InChI=1S/C23H31FN4O3S2/c1-16-11-17(2)13-27(12-16)14-19-15-32-23(25-19)26-22(29)18-7-9-28(10-8-18)33(30,31)21-6-4-3-5-20(21)24/h3-6,15-18H,7-14H2,1-2H3,(H,25,26,29)/t16-,17-/m0/s1. The third-order valence-electron chi connectivity index (χ3n) is 6.39. The molecule has 7 nitrogen and oxygen atoms in total. The summed E-state index contributed by atoms with van der Waals surface area (Å²) in [5.74, 6) is 0.164. The van der Waals surface area contributed by atoms with E-state index in [0.29, 0.717) is 29.8 Å². The lowest BCUT2D eigenvalue weighted by atomic mass is 9.92. The number of amides is 1. The molecule has 1 N–H and O–H groups in total. The van der Waals surface area contributed by atoms with E-state index >= 15 is 0 Å². The average molecular weight is 495 g/mol. The lowest BCUT2D eigenvalue weighted by molar-refractivity contribution is -0.120. The zero-order chi connectivity index (χ0) is 23.6. The van der Waals surface area contributed by atoms with E-state index in [1.807, 2.05) is 5.38 Å². The van der Waals surface area contributed by atoms with Crippen LogP contribution in [0, 0.1) is 23.6 Å². The van der Waals surface area contributed by atoms with E-state index in [4.69, 9.17) is 0 Å². The second kappa shape index (κ2) is 10.2. The maximum absolute atomic E-state index is 14.0. The Kier molecular flexibility index (Phi) is 7.47. The van der Waals surface area contributed by atoms with Crippen molar-refractivity contribution in [1.82, 2.24) is 14.2 Å². The number of piperidine rings is 2. The van der Waals surface area contributed by atoms with Gasteiger partial charge in [0.05, 0.1) is 5.69 Å². The molecule has 1 aromatic heterocycles. The van der Waals surface area contributed by atoms with E-state index in [1.165, 1.54) is 40.3 Å². The zero-order valence-corrected chi connectivity index (χ0v) is 20.7. The lowest BCUT2D eigenvalue weighted by Crippen LogP contribution is -2.41. The van der Waals surface area contributed by atoms with Crippen LogP contribution in [-0.2, 0) is 21.4 Å². The summed E-state index contributed by atoms with van der Waals surface area (Å²) in [6.07, 6.45) is 2.04. The molecular formula is C23H31FN4O3S2. The minimum absolute atomic E-state index is 0.140. The molecule has 2 aromatic rings. The van der Waals surface area contributed by atoms with Crippen molar-refractivity contribution in [1.29, 1.82) is 0 Å². The van der Waals surface area contributed by atoms with Gasteiger partial charge in [-0.25, -0.2) is 17.8 Å². The summed E-state index contributed by atoms with van der Waals surface area (Å²) < 4.78 is 40.8. The van der Waals surface area contributed by atoms with Crippen molar-refractivity contribution in [3.63, 3.8) is 0 Å². The van der Waals surface area contributed by atoms with Crippen LogP contribution in [0.25, 0.3) is 0 Å². The van der Waals surface area contributed by atoms with Crippen molar-refractivity contribution < 1.29 is 17.6 Å².